The molecule has 0 aliphatic rings. The Balaban J connectivity index is 2.00. The standard InChI is InChI=1S/C17H14BrN3O/c1-12-16(11-19-14-9-7-13(18)8-10-14)17(22)21(20-12)15-5-3-2-4-6-15/h2-11,19-20H,1H2/b16-11-. The van der Waals surface area contributed by atoms with Gasteiger partial charge in [0.2, 0.25) is 0 Å². The summed E-state index contributed by atoms with van der Waals surface area (Å²) >= 11 is 3.39. The van der Waals surface area contributed by atoms with E-state index >= 15 is 0 Å². The van der Waals surface area contributed by atoms with E-state index in [4.69, 9.17) is 0 Å². The predicted molar refractivity (Wildman–Crippen MR) is 93.4 cm³/mol. The lowest BCUT2D eigenvalue weighted by Crippen LogP contribution is -2.34. The minimum atomic E-state index is -0.138. The van der Waals surface area contributed by atoms with E-state index in [0.29, 0.717) is 10.6 Å². The molecule has 22 heavy (non-hydrogen) atoms. The Labute approximate surface area is 135 Å². The average Bonchev–Trinajstić information content (AvgIpc) is 2.82. The summed E-state index contributed by atoms with van der Waals surface area (Å²) in [6.45, 7) is 3.90. The Kier molecular flexibility index (Phi) is 3.98. The van der Waals surface area contributed by atoms with E-state index in [2.05, 4.69) is 32.9 Å². The molecule has 0 bridgehead atoms. The van der Waals surface area contributed by atoms with Crippen LogP contribution in [-0.2, 0) is 0 Å². The van der Waals surface area contributed by atoms with E-state index in [1.165, 1.54) is 4.68 Å². The molecule has 0 aliphatic carbocycles. The molecule has 0 atom stereocenters. The third kappa shape index (κ3) is 2.89. The fourth-order valence-corrected chi connectivity index (χ4v) is 2.37. The molecule has 4 nitrogen and oxygen atoms in total. The quantitative estimate of drug-likeness (QED) is 0.756. The molecule has 110 valence electrons. The molecule has 0 radical (unpaired) electrons. The second kappa shape index (κ2) is 6.07. The molecule has 1 aromatic heterocycles. The van der Waals surface area contributed by atoms with Crippen molar-refractivity contribution in [1.29, 1.82) is 0 Å². The zero-order chi connectivity index (χ0) is 15.5. The minimum absolute atomic E-state index is 0.138. The van der Waals surface area contributed by atoms with Crippen LogP contribution in [-0.4, -0.2) is 9.78 Å². The second-order valence-electron chi connectivity index (χ2n) is 4.78. The van der Waals surface area contributed by atoms with E-state index in [1.807, 2.05) is 54.6 Å². The predicted octanol–water partition coefficient (Wildman–Crippen LogP) is 2.19. The smallest absolute Gasteiger partial charge is 0.280 e. The van der Waals surface area contributed by atoms with Crippen molar-refractivity contribution in [3.63, 3.8) is 0 Å². The highest BCUT2D eigenvalue weighted by Crippen LogP contribution is 2.13. The fourth-order valence-electron chi connectivity index (χ4n) is 2.10. The first-order valence-corrected chi connectivity index (χ1v) is 7.52. The van der Waals surface area contributed by atoms with Crippen molar-refractivity contribution in [3.05, 3.63) is 80.0 Å². The number of benzene rings is 2. The summed E-state index contributed by atoms with van der Waals surface area (Å²) in [5.41, 5.74) is 1.54. The van der Waals surface area contributed by atoms with Crippen LogP contribution < -0.4 is 21.4 Å². The van der Waals surface area contributed by atoms with Crippen LogP contribution in [0.5, 0.6) is 0 Å². The van der Waals surface area contributed by atoms with Gasteiger partial charge in [-0.2, -0.15) is 0 Å². The van der Waals surface area contributed by atoms with Gasteiger partial charge in [0, 0.05) is 16.4 Å². The fraction of sp³-hybridized carbons (Fsp3) is 0. The van der Waals surface area contributed by atoms with Crippen molar-refractivity contribution < 1.29 is 0 Å². The third-order valence-electron chi connectivity index (χ3n) is 3.25. The monoisotopic (exact) mass is 355 g/mol. The van der Waals surface area contributed by atoms with Gasteiger partial charge < -0.3 is 5.32 Å². The summed E-state index contributed by atoms with van der Waals surface area (Å²) in [7, 11) is 0. The number of H-pyrrole nitrogens is 1. The molecule has 2 aromatic carbocycles. The summed E-state index contributed by atoms with van der Waals surface area (Å²) in [6, 6.07) is 17.1. The van der Waals surface area contributed by atoms with Crippen molar-refractivity contribution in [1.82, 2.24) is 9.78 Å². The number of aromatic amines is 1. The Morgan fingerprint density at radius 3 is 2.45 bits per heavy atom. The van der Waals surface area contributed by atoms with Crippen LogP contribution >= 0.6 is 15.9 Å². The number of nitrogens with zero attached hydrogens (tertiary/aromatic N) is 1. The summed E-state index contributed by atoms with van der Waals surface area (Å²) in [5.74, 6) is 0. The van der Waals surface area contributed by atoms with E-state index in [0.717, 1.165) is 15.8 Å². The molecule has 0 spiro atoms. The summed E-state index contributed by atoms with van der Waals surface area (Å²) in [5, 5.41) is 7.18. The molecule has 0 unspecified atom stereocenters. The van der Waals surface area contributed by atoms with Crippen molar-refractivity contribution in [2.75, 3.05) is 5.32 Å². The zero-order valence-electron chi connectivity index (χ0n) is 11.7. The number of rotatable bonds is 3. The Hall–Kier alpha value is -2.53. The van der Waals surface area contributed by atoms with Crippen LogP contribution in [0.2, 0.25) is 0 Å². The molecule has 0 aliphatic heterocycles. The van der Waals surface area contributed by atoms with Gasteiger partial charge in [-0.3, -0.25) is 9.89 Å². The second-order valence-corrected chi connectivity index (χ2v) is 5.69. The lowest BCUT2D eigenvalue weighted by molar-refractivity contribution is 0.838. The molecule has 3 rings (SSSR count). The number of hydrogen-bond acceptors (Lipinski definition) is 2. The van der Waals surface area contributed by atoms with Crippen molar-refractivity contribution in [2.24, 2.45) is 0 Å². The van der Waals surface area contributed by atoms with E-state index in [1.54, 1.807) is 6.20 Å². The van der Waals surface area contributed by atoms with E-state index in [-0.39, 0.29) is 5.56 Å². The number of anilines is 1. The van der Waals surface area contributed by atoms with Gasteiger partial charge in [0.05, 0.1) is 16.3 Å². The van der Waals surface area contributed by atoms with Crippen LogP contribution in [0.4, 0.5) is 5.69 Å². The first-order chi connectivity index (χ1) is 10.6. The molecular formula is C17H14BrN3O. The molecule has 0 saturated heterocycles. The first kappa shape index (κ1) is 14.4. The van der Waals surface area contributed by atoms with Crippen molar-refractivity contribution in [3.8, 4) is 5.69 Å². The number of nitrogens with one attached hydrogen (secondary N) is 2. The van der Waals surface area contributed by atoms with Crippen LogP contribution in [0.15, 0.2) is 63.9 Å². The van der Waals surface area contributed by atoms with E-state index in [9.17, 15) is 4.79 Å². The molecule has 5 heteroatoms. The normalized spacial score (nSPS) is 11.6. The Morgan fingerprint density at radius 2 is 1.77 bits per heavy atom. The molecule has 0 fully saturated rings. The highest BCUT2D eigenvalue weighted by molar-refractivity contribution is 9.10. The largest absolute Gasteiger partial charge is 0.361 e. The molecule has 1 heterocycles. The minimum Gasteiger partial charge on any atom is -0.361 e. The SMILES string of the molecule is C=c1[nH]n(-c2ccccc2)c(=O)/c1=C\Nc1ccc(Br)cc1. The van der Waals surface area contributed by atoms with Crippen molar-refractivity contribution >= 4 is 34.4 Å². The van der Waals surface area contributed by atoms with Crippen LogP contribution in [0.1, 0.15) is 0 Å². The highest BCUT2D eigenvalue weighted by Gasteiger charge is 2.03. The van der Waals surface area contributed by atoms with Gasteiger partial charge in [0.25, 0.3) is 5.56 Å². The van der Waals surface area contributed by atoms with Crippen LogP contribution in [0.25, 0.3) is 18.5 Å². The van der Waals surface area contributed by atoms with Gasteiger partial charge >= 0.3 is 0 Å². The van der Waals surface area contributed by atoms with Crippen molar-refractivity contribution in [2.45, 2.75) is 0 Å². The van der Waals surface area contributed by atoms with Gasteiger partial charge in [-0.1, -0.05) is 40.7 Å². The van der Waals surface area contributed by atoms with Gasteiger partial charge in [-0.15, -0.1) is 0 Å². The highest BCUT2D eigenvalue weighted by atomic mass is 79.9. The number of halogens is 1. The Morgan fingerprint density at radius 1 is 1.09 bits per heavy atom. The van der Waals surface area contributed by atoms with Gasteiger partial charge in [-0.25, -0.2) is 4.68 Å². The van der Waals surface area contributed by atoms with Gasteiger partial charge in [0.15, 0.2) is 0 Å². The number of hydrogen-bond donors (Lipinski definition) is 2. The van der Waals surface area contributed by atoms with E-state index < -0.39 is 0 Å². The molecule has 0 saturated carbocycles. The maximum Gasteiger partial charge on any atom is 0.280 e. The number of para-hydroxylation sites is 1. The molecule has 2 N–H and O–H groups in total. The number of aromatic nitrogens is 2. The summed E-state index contributed by atoms with van der Waals surface area (Å²) in [4.78, 5) is 12.5. The topological polar surface area (TPSA) is 49.8 Å². The average molecular weight is 356 g/mol. The summed E-state index contributed by atoms with van der Waals surface area (Å²) < 4.78 is 2.49. The summed E-state index contributed by atoms with van der Waals surface area (Å²) in [6.07, 6.45) is 1.67. The lowest BCUT2D eigenvalue weighted by atomic mass is 10.3. The van der Waals surface area contributed by atoms with Crippen LogP contribution in [0.3, 0.4) is 0 Å². The van der Waals surface area contributed by atoms with Gasteiger partial charge in [0.1, 0.15) is 0 Å². The maximum absolute atomic E-state index is 12.5. The molecule has 3 aromatic rings. The zero-order valence-corrected chi connectivity index (χ0v) is 13.3. The Bertz CT molecular complexity index is 940. The van der Waals surface area contributed by atoms with Gasteiger partial charge in [-0.05, 0) is 36.4 Å². The van der Waals surface area contributed by atoms with Crippen LogP contribution in [0, 0.1) is 0 Å². The first-order valence-electron chi connectivity index (χ1n) is 6.73. The molecular weight excluding hydrogens is 342 g/mol. The lowest BCUT2D eigenvalue weighted by Gasteiger charge is -1.99. The third-order valence-corrected chi connectivity index (χ3v) is 3.78. The maximum atomic E-state index is 12.5. The molecule has 0 amide bonds.